The molecule has 0 amide bonds. The Morgan fingerprint density at radius 3 is 2.12 bits per heavy atom. The summed E-state index contributed by atoms with van der Waals surface area (Å²) in [6, 6.07) is 5.71. The van der Waals surface area contributed by atoms with Crippen LogP contribution in [0.1, 0.15) is 74.8 Å². The van der Waals surface area contributed by atoms with Crippen molar-refractivity contribution < 1.29 is 13.2 Å². The first-order valence-corrected chi connectivity index (χ1v) is 12.4. The van der Waals surface area contributed by atoms with Crippen LogP contribution < -0.4 is 0 Å². The lowest BCUT2D eigenvalue weighted by molar-refractivity contribution is 0.318. The van der Waals surface area contributed by atoms with Crippen molar-refractivity contribution in [3.63, 3.8) is 0 Å². The maximum Gasteiger partial charge on any atom is 0.129 e. The van der Waals surface area contributed by atoms with Crippen molar-refractivity contribution >= 4 is 8.80 Å². The molecule has 0 nitrogen and oxygen atoms in total. The minimum atomic E-state index is -0.401. The zero-order chi connectivity index (χ0) is 18.5. The van der Waals surface area contributed by atoms with E-state index in [0.29, 0.717) is 5.92 Å². The minimum absolute atomic E-state index is 0.137. The SMILES string of the molecule is Cc1c(F)cc(C2CC[Si](C3CCC(CCCCF)CC3)CC2)cc1F. The second-order valence-electron chi connectivity index (χ2n) is 8.44. The van der Waals surface area contributed by atoms with Crippen molar-refractivity contribution in [1.29, 1.82) is 0 Å². The second kappa shape index (κ2) is 9.43. The van der Waals surface area contributed by atoms with Gasteiger partial charge in [-0.2, -0.15) is 0 Å². The third-order valence-corrected chi connectivity index (χ3v) is 10.4. The number of alkyl halides is 1. The zero-order valence-electron chi connectivity index (χ0n) is 16.0. The molecule has 26 heavy (non-hydrogen) atoms. The Labute approximate surface area is 158 Å². The summed E-state index contributed by atoms with van der Waals surface area (Å²) in [5.41, 5.74) is 1.94. The largest absolute Gasteiger partial charge is 0.251 e. The fourth-order valence-corrected chi connectivity index (χ4v) is 8.67. The molecule has 1 aliphatic carbocycles. The van der Waals surface area contributed by atoms with E-state index in [4.69, 9.17) is 0 Å². The summed E-state index contributed by atoms with van der Waals surface area (Å²) in [6.45, 7) is 1.34. The molecule has 0 spiro atoms. The molecule has 1 saturated heterocycles. The number of hydrogen-bond donors (Lipinski definition) is 0. The summed E-state index contributed by atoms with van der Waals surface area (Å²) in [6.07, 6.45) is 10.6. The Bertz CT molecular complexity index is 550. The van der Waals surface area contributed by atoms with Gasteiger partial charge in [0.2, 0.25) is 0 Å². The number of hydrogen-bond acceptors (Lipinski definition) is 0. The van der Waals surface area contributed by atoms with Crippen LogP contribution in [0.4, 0.5) is 13.2 Å². The summed E-state index contributed by atoms with van der Waals surface area (Å²) >= 11 is 0. The highest BCUT2D eigenvalue weighted by molar-refractivity contribution is 6.60. The van der Waals surface area contributed by atoms with Gasteiger partial charge >= 0.3 is 0 Å². The van der Waals surface area contributed by atoms with Gasteiger partial charge in [0.25, 0.3) is 0 Å². The van der Waals surface area contributed by atoms with E-state index < -0.39 is 11.6 Å². The molecule has 1 radical (unpaired) electrons. The van der Waals surface area contributed by atoms with Crippen molar-refractivity contribution in [2.24, 2.45) is 5.92 Å². The molecule has 2 fully saturated rings. The Morgan fingerprint density at radius 2 is 1.54 bits per heavy atom. The van der Waals surface area contributed by atoms with Gasteiger partial charge in [-0.05, 0) is 61.3 Å². The van der Waals surface area contributed by atoms with E-state index in [9.17, 15) is 13.2 Å². The van der Waals surface area contributed by atoms with E-state index >= 15 is 0 Å². The van der Waals surface area contributed by atoms with Gasteiger partial charge in [-0.1, -0.05) is 50.6 Å². The quantitative estimate of drug-likeness (QED) is 0.357. The van der Waals surface area contributed by atoms with E-state index in [0.717, 1.165) is 42.7 Å². The lowest BCUT2D eigenvalue weighted by Crippen LogP contribution is -2.29. The molecule has 1 aliphatic heterocycles. The monoisotopic (exact) mass is 381 g/mol. The van der Waals surface area contributed by atoms with Crippen LogP contribution in [0.2, 0.25) is 17.6 Å². The lowest BCUT2D eigenvalue weighted by atomic mass is 9.85. The van der Waals surface area contributed by atoms with Gasteiger partial charge in [0.05, 0.1) is 15.5 Å². The first-order valence-electron chi connectivity index (χ1n) is 10.4. The molecule has 0 aromatic heterocycles. The van der Waals surface area contributed by atoms with Gasteiger partial charge in [0.15, 0.2) is 0 Å². The molecule has 1 saturated carbocycles. The molecular formula is C22H32F3Si. The summed E-state index contributed by atoms with van der Waals surface area (Å²) in [7, 11) is -0.312. The molecule has 145 valence electrons. The minimum Gasteiger partial charge on any atom is -0.251 e. The first-order chi connectivity index (χ1) is 12.6. The molecule has 0 N–H and O–H groups in total. The first kappa shape index (κ1) is 20.0. The van der Waals surface area contributed by atoms with Crippen LogP contribution >= 0.6 is 0 Å². The number of rotatable bonds is 6. The third-order valence-electron chi connectivity index (χ3n) is 6.82. The normalized spacial score (nSPS) is 25.5. The number of halogens is 3. The van der Waals surface area contributed by atoms with Gasteiger partial charge in [-0.3, -0.25) is 4.39 Å². The van der Waals surface area contributed by atoms with E-state index in [1.165, 1.54) is 51.1 Å². The van der Waals surface area contributed by atoms with Crippen LogP contribution in [0.15, 0.2) is 12.1 Å². The van der Waals surface area contributed by atoms with Crippen molar-refractivity contribution in [3.05, 3.63) is 34.9 Å². The summed E-state index contributed by atoms with van der Waals surface area (Å²) in [4.78, 5) is 0. The molecule has 0 unspecified atom stereocenters. The van der Waals surface area contributed by atoms with Crippen LogP contribution in [-0.4, -0.2) is 15.5 Å². The average molecular weight is 382 g/mol. The Hall–Kier alpha value is -0.773. The predicted molar refractivity (Wildman–Crippen MR) is 104 cm³/mol. The maximum atomic E-state index is 13.9. The summed E-state index contributed by atoms with van der Waals surface area (Å²) in [5, 5.41) is 0. The second-order valence-corrected chi connectivity index (χ2v) is 11.6. The fraction of sp³-hybridized carbons (Fsp3) is 0.727. The molecule has 0 atom stereocenters. The zero-order valence-corrected chi connectivity index (χ0v) is 17.0. The van der Waals surface area contributed by atoms with E-state index in [2.05, 4.69) is 0 Å². The summed E-state index contributed by atoms with van der Waals surface area (Å²) in [5.74, 6) is 0.366. The highest BCUT2D eigenvalue weighted by Gasteiger charge is 2.32. The maximum absolute atomic E-state index is 13.9. The van der Waals surface area contributed by atoms with Crippen molar-refractivity contribution in [2.45, 2.75) is 88.3 Å². The standard InChI is InChI=1S/C22H32F3Si/c1-16-21(24)14-19(15-22(16)25)18-9-12-26(13-10-18)20-7-5-17(6-8-20)4-2-3-11-23/h14-15,17-18,20H,2-13H2,1H3. The van der Waals surface area contributed by atoms with Gasteiger partial charge in [0, 0.05) is 5.56 Å². The van der Waals surface area contributed by atoms with Crippen molar-refractivity contribution in [1.82, 2.24) is 0 Å². The number of benzene rings is 1. The van der Waals surface area contributed by atoms with Gasteiger partial charge < -0.3 is 0 Å². The van der Waals surface area contributed by atoms with Crippen LogP contribution in [0, 0.1) is 24.5 Å². The Morgan fingerprint density at radius 1 is 0.923 bits per heavy atom. The number of unbranched alkanes of at least 4 members (excludes halogenated alkanes) is 1. The lowest BCUT2D eigenvalue weighted by Gasteiger charge is -2.37. The average Bonchev–Trinajstić information content (AvgIpc) is 2.67. The topological polar surface area (TPSA) is 0 Å². The van der Waals surface area contributed by atoms with Crippen molar-refractivity contribution in [2.75, 3.05) is 6.67 Å². The van der Waals surface area contributed by atoms with Crippen LogP contribution in [-0.2, 0) is 0 Å². The summed E-state index contributed by atoms with van der Waals surface area (Å²) < 4.78 is 39.9. The van der Waals surface area contributed by atoms with E-state index in [1.807, 2.05) is 0 Å². The van der Waals surface area contributed by atoms with Gasteiger partial charge in [-0.15, -0.1) is 0 Å². The molecule has 4 heteroatoms. The van der Waals surface area contributed by atoms with Crippen LogP contribution in [0.5, 0.6) is 0 Å². The molecule has 0 bridgehead atoms. The molecule has 2 aliphatic rings. The Kier molecular flexibility index (Phi) is 7.25. The Balaban J connectivity index is 1.46. The molecule has 1 aromatic rings. The van der Waals surface area contributed by atoms with Crippen molar-refractivity contribution in [3.8, 4) is 0 Å². The molecule has 3 rings (SSSR count). The van der Waals surface area contributed by atoms with E-state index in [-0.39, 0.29) is 21.0 Å². The third kappa shape index (κ3) is 4.93. The highest BCUT2D eigenvalue weighted by atomic mass is 28.3. The highest BCUT2D eigenvalue weighted by Crippen LogP contribution is 2.44. The van der Waals surface area contributed by atoms with Crippen LogP contribution in [0.3, 0.4) is 0 Å². The predicted octanol–water partition coefficient (Wildman–Crippen LogP) is 7.35. The molecule has 1 heterocycles. The molecular weight excluding hydrogens is 349 g/mol. The van der Waals surface area contributed by atoms with Gasteiger partial charge in [-0.25, -0.2) is 8.78 Å². The molecule has 1 aromatic carbocycles. The van der Waals surface area contributed by atoms with Gasteiger partial charge in [0.1, 0.15) is 11.6 Å². The smallest absolute Gasteiger partial charge is 0.129 e. The van der Waals surface area contributed by atoms with E-state index in [1.54, 1.807) is 12.1 Å². The van der Waals surface area contributed by atoms with Crippen LogP contribution in [0.25, 0.3) is 0 Å². The fourth-order valence-electron chi connectivity index (χ4n) is 5.02.